The average molecular weight is 287 g/mol. The summed E-state index contributed by atoms with van der Waals surface area (Å²) in [5, 5.41) is 4.55. The molecule has 0 spiro atoms. The van der Waals surface area contributed by atoms with Gasteiger partial charge >= 0.3 is 0 Å². The van der Waals surface area contributed by atoms with Gasteiger partial charge in [0.05, 0.1) is 5.39 Å². The normalized spacial score (nSPS) is 11.4. The number of benzene rings is 2. The van der Waals surface area contributed by atoms with Crippen molar-refractivity contribution in [1.82, 2.24) is 0 Å². The fourth-order valence-corrected chi connectivity index (χ4v) is 2.56. The first-order chi connectivity index (χ1) is 10.8. The van der Waals surface area contributed by atoms with Crippen LogP contribution in [0.5, 0.6) is 0 Å². The summed E-state index contributed by atoms with van der Waals surface area (Å²) >= 11 is 0. The van der Waals surface area contributed by atoms with Crippen LogP contribution >= 0.6 is 0 Å². The van der Waals surface area contributed by atoms with Crippen LogP contribution in [0.2, 0.25) is 0 Å². The molecule has 0 bridgehead atoms. The van der Waals surface area contributed by atoms with Crippen molar-refractivity contribution in [2.24, 2.45) is 7.05 Å². The molecule has 1 N–H and O–H groups in total. The quantitative estimate of drug-likeness (QED) is 0.559. The van der Waals surface area contributed by atoms with E-state index in [1.165, 1.54) is 16.5 Å². The summed E-state index contributed by atoms with van der Waals surface area (Å²) in [5.41, 5.74) is 4.51. The molecule has 1 aromatic heterocycles. The molecule has 0 aliphatic rings. The lowest BCUT2D eigenvalue weighted by Gasteiger charge is -2.07. The van der Waals surface area contributed by atoms with Gasteiger partial charge in [-0.15, -0.1) is 0 Å². The molecule has 108 valence electrons. The number of rotatable bonds is 4. The molecule has 0 unspecified atom stereocenters. The molecular weight excluding hydrogens is 268 g/mol. The van der Waals surface area contributed by atoms with Gasteiger partial charge in [0.1, 0.15) is 7.05 Å². The van der Waals surface area contributed by atoms with Gasteiger partial charge in [-0.25, -0.2) is 4.57 Å². The highest BCUT2D eigenvalue weighted by Crippen LogP contribution is 2.23. The molecule has 0 atom stereocenters. The van der Waals surface area contributed by atoms with E-state index in [1.807, 2.05) is 42.6 Å². The van der Waals surface area contributed by atoms with Gasteiger partial charge in [-0.05, 0) is 23.8 Å². The Kier molecular flexibility index (Phi) is 4.01. The van der Waals surface area contributed by atoms with Gasteiger partial charge < -0.3 is 5.32 Å². The number of nitrogens with one attached hydrogen (secondary N) is 1. The largest absolute Gasteiger partial charge is 0.361 e. The molecule has 2 nitrogen and oxygen atoms in total. The van der Waals surface area contributed by atoms with Crippen LogP contribution in [-0.4, -0.2) is 0 Å². The maximum atomic E-state index is 3.96. The molecule has 3 rings (SSSR count). The highest BCUT2D eigenvalue weighted by Gasteiger charge is 2.10. The maximum absolute atomic E-state index is 3.96. The fourth-order valence-electron chi connectivity index (χ4n) is 2.56. The highest BCUT2D eigenvalue weighted by atomic mass is 14.9. The Bertz CT molecular complexity index is 833. The number of anilines is 1. The molecule has 0 saturated carbocycles. The van der Waals surface area contributed by atoms with E-state index in [2.05, 4.69) is 60.0 Å². The molecule has 1 heterocycles. The zero-order chi connectivity index (χ0) is 15.4. The van der Waals surface area contributed by atoms with Crippen molar-refractivity contribution in [1.29, 1.82) is 0 Å². The third-order valence-corrected chi connectivity index (χ3v) is 3.74. The second kappa shape index (κ2) is 6.27. The van der Waals surface area contributed by atoms with E-state index < -0.39 is 0 Å². The fraction of sp³-hybridized carbons (Fsp3) is 0.0500. The molecule has 2 aromatic carbocycles. The zero-order valence-electron chi connectivity index (χ0n) is 12.7. The summed E-state index contributed by atoms with van der Waals surface area (Å²) in [7, 11) is 2.06. The lowest BCUT2D eigenvalue weighted by molar-refractivity contribution is -0.644. The SMILES string of the molecule is C=CC(=CNc1ccccc1)c1cc[n+](C)c2ccccc12. The molecule has 22 heavy (non-hydrogen) atoms. The smallest absolute Gasteiger partial charge is 0.212 e. The van der Waals surface area contributed by atoms with E-state index in [1.54, 1.807) is 0 Å². The summed E-state index contributed by atoms with van der Waals surface area (Å²) in [6.07, 6.45) is 5.97. The number of hydrogen-bond acceptors (Lipinski definition) is 1. The molecule has 0 fully saturated rings. The van der Waals surface area contributed by atoms with Crippen LogP contribution in [0.15, 0.2) is 85.7 Å². The summed E-state index contributed by atoms with van der Waals surface area (Å²) in [4.78, 5) is 0. The monoisotopic (exact) mass is 287 g/mol. The molecule has 0 aliphatic heterocycles. The minimum atomic E-state index is 1.06. The average Bonchev–Trinajstić information content (AvgIpc) is 2.58. The number of hydrogen-bond donors (Lipinski definition) is 1. The van der Waals surface area contributed by atoms with Crippen LogP contribution in [0.3, 0.4) is 0 Å². The maximum Gasteiger partial charge on any atom is 0.212 e. The minimum absolute atomic E-state index is 1.06. The first-order valence-corrected chi connectivity index (χ1v) is 7.31. The van der Waals surface area contributed by atoms with E-state index in [4.69, 9.17) is 0 Å². The lowest BCUT2D eigenvalue weighted by Crippen LogP contribution is -2.28. The Morgan fingerprint density at radius 2 is 1.73 bits per heavy atom. The lowest BCUT2D eigenvalue weighted by atomic mass is 10.0. The molecule has 3 aromatic rings. The summed E-state index contributed by atoms with van der Waals surface area (Å²) in [5.74, 6) is 0. The number of aryl methyl sites for hydroxylation is 1. The molecule has 0 saturated heterocycles. The standard InChI is InChI=1S/C20H18N2/c1-3-16(15-21-17-9-5-4-6-10-17)18-13-14-22(2)20-12-8-7-11-19(18)20/h3-15H,1H2,2H3/p+1. The van der Waals surface area contributed by atoms with Crippen LogP contribution < -0.4 is 9.88 Å². The second-order valence-corrected chi connectivity index (χ2v) is 5.17. The molecule has 0 radical (unpaired) electrons. The molecule has 0 amide bonds. The summed E-state index contributed by atoms with van der Waals surface area (Å²) in [6.45, 7) is 3.96. The van der Waals surface area contributed by atoms with Crippen LogP contribution in [0, 0.1) is 0 Å². The van der Waals surface area contributed by atoms with Crippen LogP contribution in [0.4, 0.5) is 5.69 Å². The predicted octanol–water partition coefficient (Wildman–Crippen LogP) is 4.30. The van der Waals surface area contributed by atoms with Crippen LogP contribution in [-0.2, 0) is 7.05 Å². The van der Waals surface area contributed by atoms with Crippen molar-refractivity contribution < 1.29 is 4.57 Å². The number of allylic oxidation sites excluding steroid dienone is 2. The highest BCUT2D eigenvalue weighted by molar-refractivity contribution is 5.92. The van der Waals surface area contributed by atoms with E-state index in [-0.39, 0.29) is 0 Å². The minimum Gasteiger partial charge on any atom is -0.361 e. The van der Waals surface area contributed by atoms with Gasteiger partial charge in [-0.3, -0.25) is 0 Å². The summed E-state index contributed by atoms with van der Waals surface area (Å²) in [6, 6.07) is 20.7. The van der Waals surface area contributed by atoms with Gasteiger partial charge in [0, 0.05) is 29.6 Å². The van der Waals surface area contributed by atoms with Gasteiger partial charge in [0.25, 0.3) is 0 Å². The van der Waals surface area contributed by atoms with E-state index in [9.17, 15) is 0 Å². The Morgan fingerprint density at radius 3 is 2.50 bits per heavy atom. The zero-order valence-corrected chi connectivity index (χ0v) is 12.7. The van der Waals surface area contributed by atoms with Crippen molar-refractivity contribution in [3.8, 4) is 0 Å². The molecule has 0 aliphatic carbocycles. The Hall–Kier alpha value is -2.87. The predicted molar refractivity (Wildman–Crippen MR) is 93.4 cm³/mol. The topological polar surface area (TPSA) is 15.9 Å². The number of fused-ring (bicyclic) bond motifs is 1. The van der Waals surface area contributed by atoms with Crippen LogP contribution in [0.1, 0.15) is 5.56 Å². The van der Waals surface area contributed by atoms with E-state index in [0.717, 1.165) is 11.3 Å². The van der Waals surface area contributed by atoms with Crippen LogP contribution in [0.25, 0.3) is 16.5 Å². The third kappa shape index (κ3) is 2.77. The van der Waals surface area contributed by atoms with Crippen molar-refractivity contribution in [2.45, 2.75) is 0 Å². The van der Waals surface area contributed by atoms with Crippen molar-refractivity contribution in [2.75, 3.05) is 5.32 Å². The first kappa shape index (κ1) is 14.1. The number of aromatic nitrogens is 1. The Balaban J connectivity index is 2.04. The van der Waals surface area contributed by atoms with E-state index in [0.29, 0.717) is 0 Å². The van der Waals surface area contributed by atoms with E-state index >= 15 is 0 Å². The third-order valence-electron chi connectivity index (χ3n) is 3.74. The number of pyridine rings is 1. The van der Waals surface area contributed by atoms with Gasteiger partial charge in [0.2, 0.25) is 5.52 Å². The first-order valence-electron chi connectivity index (χ1n) is 7.31. The van der Waals surface area contributed by atoms with Gasteiger partial charge in [-0.2, -0.15) is 0 Å². The summed E-state index contributed by atoms with van der Waals surface area (Å²) < 4.78 is 2.13. The molecular formula is C20H19N2+. The Morgan fingerprint density at radius 1 is 1.00 bits per heavy atom. The second-order valence-electron chi connectivity index (χ2n) is 5.17. The van der Waals surface area contributed by atoms with Gasteiger partial charge in [0.15, 0.2) is 6.20 Å². The number of nitrogens with zero attached hydrogens (tertiary/aromatic N) is 1. The molecule has 2 heteroatoms. The van der Waals surface area contributed by atoms with Crippen molar-refractivity contribution in [3.63, 3.8) is 0 Å². The number of para-hydroxylation sites is 2. The van der Waals surface area contributed by atoms with Crippen molar-refractivity contribution >= 4 is 22.2 Å². The Labute approximate surface area is 131 Å². The van der Waals surface area contributed by atoms with Gasteiger partial charge in [-0.1, -0.05) is 43.0 Å². The van der Waals surface area contributed by atoms with Crippen molar-refractivity contribution in [3.05, 3.63) is 91.3 Å².